The minimum absolute atomic E-state index is 0.258. The van der Waals surface area contributed by atoms with E-state index >= 15 is 0 Å². The van der Waals surface area contributed by atoms with Gasteiger partial charge in [-0.05, 0) is 13.8 Å². The number of hydrogen-bond donors (Lipinski definition) is 1. The molecule has 1 fully saturated rings. The predicted octanol–water partition coefficient (Wildman–Crippen LogP) is 0.590. The first-order chi connectivity index (χ1) is 5.83. The Morgan fingerprint density at radius 2 is 2.23 bits per heavy atom. The van der Waals surface area contributed by atoms with E-state index in [1.54, 1.807) is 6.92 Å². The second kappa shape index (κ2) is 3.21. The van der Waals surface area contributed by atoms with E-state index < -0.39 is 30.5 Å². The summed E-state index contributed by atoms with van der Waals surface area (Å²) in [7, 11) is 0. The van der Waals surface area contributed by atoms with Crippen molar-refractivity contribution in [2.24, 2.45) is 5.73 Å². The van der Waals surface area contributed by atoms with Gasteiger partial charge in [0.05, 0.1) is 12.6 Å². The van der Waals surface area contributed by atoms with Gasteiger partial charge < -0.3 is 10.6 Å². The van der Waals surface area contributed by atoms with Gasteiger partial charge in [-0.25, -0.2) is 8.78 Å². The molecule has 1 aliphatic heterocycles. The van der Waals surface area contributed by atoms with Gasteiger partial charge in [0.25, 0.3) is 5.92 Å². The number of likely N-dealkylation sites (tertiary alicyclic amines) is 1. The summed E-state index contributed by atoms with van der Waals surface area (Å²) in [5, 5.41) is 0. The van der Waals surface area contributed by atoms with Crippen molar-refractivity contribution in [2.45, 2.75) is 38.3 Å². The normalized spacial score (nSPS) is 29.0. The lowest BCUT2D eigenvalue weighted by molar-refractivity contribution is -0.134. The average Bonchev–Trinajstić information content (AvgIpc) is 2.22. The van der Waals surface area contributed by atoms with Crippen LogP contribution in [0.15, 0.2) is 0 Å². The fourth-order valence-corrected chi connectivity index (χ4v) is 1.57. The Morgan fingerprint density at radius 3 is 2.54 bits per heavy atom. The van der Waals surface area contributed by atoms with Crippen LogP contribution in [0.2, 0.25) is 0 Å². The standard InChI is InChI=1S/C8H14F2N2O/c1-5-3-8(9,10)4-12(5)7(13)6(2)11/h5-6H,3-4,11H2,1-2H3/t5-,6-/m1/s1. The zero-order valence-electron chi connectivity index (χ0n) is 7.76. The Kier molecular flexibility index (Phi) is 2.56. The number of carbonyl (C=O) groups excluding carboxylic acids is 1. The van der Waals surface area contributed by atoms with Gasteiger partial charge in [-0.1, -0.05) is 0 Å². The molecule has 0 aromatic heterocycles. The summed E-state index contributed by atoms with van der Waals surface area (Å²) in [4.78, 5) is 12.5. The highest BCUT2D eigenvalue weighted by atomic mass is 19.3. The second-order valence-electron chi connectivity index (χ2n) is 3.66. The van der Waals surface area contributed by atoms with E-state index in [0.717, 1.165) is 4.90 Å². The first-order valence-corrected chi connectivity index (χ1v) is 4.27. The maximum Gasteiger partial charge on any atom is 0.267 e. The molecule has 0 spiro atoms. The van der Waals surface area contributed by atoms with Crippen LogP contribution in [0.25, 0.3) is 0 Å². The molecule has 76 valence electrons. The van der Waals surface area contributed by atoms with Crippen LogP contribution in [0.3, 0.4) is 0 Å². The van der Waals surface area contributed by atoms with Gasteiger partial charge >= 0.3 is 0 Å². The zero-order chi connectivity index (χ0) is 10.2. The van der Waals surface area contributed by atoms with Crippen molar-refractivity contribution in [1.29, 1.82) is 0 Å². The SMILES string of the molecule is C[C@@H]1CC(F)(F)CN1C(=O)[C@@H](C)N. The highest BCUT2D eigenvalue weighted by molar-refractivity contribution is 5.81. The molecule has 13 heavy (non-hydrogen) atoms. The molecule has 0 unspecified atom stereocenters. The van der Waals surface area contributed by atoms with Crippen LogP contribution < -0.4 is 5.73 Å². The molecule has 1 heterocycles. The summed E-state index contributed by atoms with van der Waals surface area (Å²) in [6.45, 7) is 2.63. The summed E-state index contributed by atoms with van der Waals surface area (Å²) in [5.41, 5.74) is 5.33. The molecule has 1 rings (SSSR count). The lowest BCUT2D eigenvalue weighted by atomic mass is 10.2. The van der Waals surface area contributed by atoms with E-state index in [4.69, 9.17) is 5.73 Å². The van der Waals surface area contributed by atoms with Crippen molar-refractivity contribution >= 4 is 5.91 Å². The topological polar surface area (TPSA) is 46.3 Å². The Bertz CT molecular complexity index is 218. The fourth-order valence-electron chi connectivity index (χ4n) is 1.57. The van der Waals surface area contributed by atoms with Crippen LogP contribution in [0, 0.1) is 0 Å². The maximum atomic E-state index is 12.8. The number of nitrogens with two attached hydrogens (primary N) is 1. The molecule has 0 saturated carbocycles. The summed E-state index contributed by atoms with van der Waals surface area (Å²) in [5.74, 6) is -3.14. The fraction of sp³-hybridized carbons (Fsp3) is 0.875. The van der Waals surface area contributed by atoms with Crippen molar-refractivity contribution < 1.29 is 13.6 Å². The van der Waals surface area contributed by atoms with Crippen molar-refractivity contribution in [1.82, 2.24) is 4.90 Å². The Balaban J connectivity index is 2.68. The molecule has 1 saturated heterocycles. The lowest BCUT2D eigenvalue weighted by Gasteiger charge is -2.22. The lowest BCUT2D eigenvalue weighted by Crippen LogP contribution is -2.44. The molecule has 0 aliphatic carbocycles. The second-order valence-corrected chi connectivity index (χ2v) is 3.66. The maximum absolute atomic E-state index is 12.8. The van der Waals surface area contributed by atoms with Crippen LogP contribution in [0.4, 0.5) is 8.78 Å². The zero-order valence-corrected chi connectivity index (χ0v) is 7.76. The van der Waals surface area contributed by atoms with E-state index in [1.165, 1.54) is 6.92 Å². The van der Waals surface area contributed by atoms with E-state index in [9.17, 15) is 13.6 Å². The number of hydrogen-bond acceptors (Lipinski definition) is 2. The van der Waals surface area contributed by atoms with Crippen molar-refractivity contribution in [3.05, 3.63) is 0 Å². The van der Waals surface area contributed by atoms with Crippen LogP contribution in [0.1, 0.15) is 20.3 Å². The van der Waals surface area contributed by atoms with Crippen LogP contribution in [-0.2, 0) is 4.79 Å². The van der Waals surface area contributed by atoms with E-state index in [-0.39, 0.29) is 6.42 Å². The van der Waals surface area contributed by atoms with Gasteiger partial charge in [-0.2, -0.15) is 0 Å². The van der Waals surface area contributed by atoms with Gasteiger partial charge in [0.1, 0.15) is 0 Å². The van der Waals surface area contributed by atoms with Crippen molar-refractivity contribution in [2.75, 3.05) is 6.54 Å². The van der Waals surface area contributed by atoms with Gasteiger partial charge in [-0.15, -0.1) is 0 Å². The highest BCUT2D eigenvalue weighted by Gasteiger charge is 2.45. The Morgan fingerprint density at radius 1 is 1.69 bits per heavy atom. The Hall–Kier alpha value is -0.710. The first kappa shape index (κ1) is 10.4. The van der Waals surface area contributed by atoms with Gasteiger partial charge in [-0.3, -0.25) is 4.79 Å². The van der Waals surface area contributed by atoms with Crippen LogP contribution in [0.5, 0.6) is 0 Å². The predicted molar refractivity (Wildman–Crippen MR) is 44.4 cm³/mol. The molecule has 0 radical (unpaired) electrons. The van der Waals surface area contributed by atoms with Gasteiger partial charge in [0.15, 0.2) is 0 Å². The van der Waals surface area contributed by atoms with Gasteiger partial charge in [0.2, 0.25) is 5.91 Å². The molecular weight excluding hydrogens is 178 g/mol. The molecule has 5 heteroatoms. The number of carbonyl (C=O) groups is 1. The number of amides is 1. The number of rotatable bonds is 1. The molecule has 3 nitrogen and oxygen atoms in total. The minimum atomic E-state index is -2.75. The third kappa shape index (κ3) is 2.15. The molecule has 2 N–H and O–H groups in total. The highest BCUT2D eigenvalue weighted by Crippen LogP contribution is 2.31. The summed E-state index contributed by atoms with van der Waals surface area (Å²) in [6.07, 6.45) is -0.258. The minimum Gasteiger partial charge on any atom is -0.332 e. The molecule has 0 aromatic rings. The number of alkyl halides is 2. The molecule has 2 atom stereocenters. The van der Waals surface area contributed by atoms with Crippen molar-refractivity contribution in [3.63, 3.8) is 0 Å². The smallest absolute Gasteiger partial charge is 0.267 e. The largest absolute Gasteiger partial charge is 0.332 e. The quantitative estimate of drug-likeness (QED) is 0.661. The molecule has 1 aliphatic rings. The summed E-state index contributed by atoms with van der Waals surface area (Å²) >= 11 is 0. The molecular formula is C8H14F2N2O. The average molecular weight is 192 g/mol. The van der Waals surface area contributed by atoms with E-state index in [0.29, 0.717) is 0 Å². The molecule has 0 bridgehead atoms. The number of nitrogens with zero attached hydrogens (tertiary/aromatic N) is 1. The van der Waals surface area contributed by atoms with Gasteiger partial charge in [0, 0.05) is 12.5 Å². The summed E-state index contributed by atoms with van der Waals surface area (Å²) in [6, 6.07) is -1.11. The van der Waals surface area contributed by atoms with Crippen LogP contribution >= 0.6 is 0 Å². The van der Waals surface area contributed by atoms with Crippen molar-refractivity contribution in [3.8, 4) is 0 Å². The monoisotopic (exact) mass is 192 g/mol. The molecule has 1 amide bonds. The molecule has 0 aromatic carbocycles. The van der Waals surface area contributed by atoms with E-state index in [1.807, 2.05) is 0 Å². The summed E-state index contributed by atoms with van der Waals surface area (Å²) < 4.78 is 25.7. The third-order valence-electron chi connectivity index (χ3n) is 2.20. The van der Waals surface area contributed by atoms with Crippen LogP contribution in [-0.4, -0.2) is 35.4 Å². The Labute approximate surface area is 75.9 Å². The number of halogens is 2. The first-order valence-electron chi connectivity index (χ1n) is 4.27. The van der Waals surface area contributed by atoms with E-state index in [2.05, 4.69) is 0 Å². The third-order valence-corrected chi connectivity index (χ3v) is 2.20.